The summed E-state index contributed by atoms with van der Waals surface area (Å²) in [6.45, 7) is 0. The van der Waals surface area contributed by atoms with Crippen molar-refractivity contribution in [1.29, 1.82) is 0 Å². The van der Waals surface area contributed by atoms with E-state index in [2.05, 4.69) is 0 Å². The quantitative estimate of drug-likeness (QED) is 0.780. The van der Waals surface area contributed by atoms with Crippen LogP contribution in [0.25, 0.3) is 0 Å². The van der Waals surface area contributed by atoms with Crippen LogP contribution in [-0.2, 0) is 16.6 Å². The Hall–Kier alpha value is -0.320. The van der Waals surface area contributed by atoms with Crippen LogP contribution in [0.4, 0.5) is 3.89 Å². The van der Waals surface area contributed by atoms with Crippen LogP contribution in [-0.4, -0.2) is 14.2 Å². The zero-order valence-corrected chi connectivity index (χ0v) is 9.33. The van der Waals surface area contributed by atoms with Crippen LogP contribution < -0.4 is 0 Å². The highest BCUT2D eigenvalue weighted by atomic mass is 35.5. The topological polar surface area (TPSA) is 34.1 Å². The smallest absolute Gasteiger partial charge is 0.195 e. The van der Waals surface area contributed by atoms with Gasteiger partial charge < -0.3 is 0 Å². The van der Waals surface area contributed by atoms with Gasteiger partial charge in [-0.3, -0.25) is 0 Å². The third-order valence-corrected chi connectivity index (χ3v) is 3.20. The fraction of sp³-hybridized carbons (Fsp3) is 0.250. The maximum Gasteiger partial charge on any atom is 0.302 e. The van der Waals surface area contributed by atoms with Crippen LogP contribution in [0.15, 0.2) is 18.2 Å². The normalized spacial score (nSPS) is 11.6. The molecular weight excluding hydrogens is 250 g/mol. The van der Waals surface area contributed by atoms with E-state index >= 15 is 0 Å². The van der Waals surface area contributed by atoms with Crippen molar-refractivity contribution in [2.75, 3.05) is 5.75 Å². The first-order valence-electron chi connectivity index (χ1n) is 3.75. The Morgan fingerprint density at radius 2 is 1.93 bits per heavy atom. The van der Waals surface area contributed by atoms with Crippen molar-refractivity contribution in [3.8, 4) is 0 Å². The van der Waals surface area contributed by atoms with Crippen molar-refractivity contribution >= 4 is 33.4 Å². The third-order valence-electron chi connectivity index (χ3n) is 1.65. The van der Waals surface area contributed by atoms with E-state index in [9.17, 15) is 12.3 Å². The highest BCUT2D eigenvalue weighted by molar-refractivity contribution is 7.86. The lowest BCUT2D eigenvalue weighted by Crippen LogP contribution is -2.02. The van der Waals surface area contributed by atoms with Gasteiger partial charge >= 0.3 is 10.2 Å². The molecule has 0 radical (unpaired) electrons. The molecule has 0 saturated carbocycles. The largest absolute Gasteiger partial charge is 0.302 e. The van der Waals surface area contributed by atoms with Crippen LogP contribution in [0.3, 0.4) is 0 Å². The number of halogens is 3. The van der Waals surface area contributed by atoms with E-state index < -0.39 is 16.0 Å². The molecule has 0 fully saturated rings. The molecule has 0 heterocycles. The van der Waals surface area contributed by atoms with Crippen LogP contribution in [0, 0.1) is 0 Å². The summed E-state index contributed by atoms with van der Waals surface area (Å²) in [5.41, 5.74) is 0.528. The van der Waals surface area contributed by atoms with Crippen molar-refractivity contribution in [2.24, 2.45) is 0 Å². The number of rotatable bonds is 3. The Labute approximate surface area is 91.9 Å². The van der Waals surface area contributed by atoms with Gasteiger partial charge in [0.2, 0.25) is 0 Å². The minimum absolute atomic E-state index is 0.0260. The first kappa shape index (κ1) is 11.8. The zero-order chi connectivity index (χ0) is 10.8. The Morgan fingerprint density at radius 3 is 2.50 bits per heavy atom. The lowest BCUT2D eigenvalue weighted by Gasteiger charge is -2.03. The third kappa shape index (κ3) is 3.44. The number of hydrogen-bond acceptors (Lipinski definition) is 2. The van der Waals surface area contributed by atoms with Crippen molar-refractivity contribution in [3.05, 3.63) is 33.8 Å². The SMILES string of the molecule is O=S(=O)(F)CCc1cccc(Cl)c1Cl. The van der Waals surface area contributed by atoms with Crippen molar-refractivity contribution in [3.63, 3.8) is 0 Å². The fourth-order valence-corrected chi connectivity index (χ4v) is 1.85. The lowest BCUT2D eigenvalue weighted by atomic mass is 10.2. The average molecular weight is 257 g/mol. The highest BCUT2D eigenvalue weighted by Gasteiger charge is 2.10. The highest BCUT2D eigenvalue weighted by Crippen LogP contribution is 2.25. The van der Waals surface area contributed by atoms with Gasteiger partial charge in [0.05, 0.1) is 15.8 Å². The summed E-state index contributed by atoms with van der Waals surface area (Å²) in [4.78, 5) is 0. The van der Waals surface area contributed by atoms with Crippen LogP contribution in [0.5, 0.6) is 0 Å². The van der Waals surface area contributed by atoms with Gasteiger partial charge in [-0.05, 0) is 18.1 Å². The summed E-state index contributed by atoms with van der Waals surface area (Å²) < 4.78 is 32.7. The van der Waals surface area contributed by atoms with Gasteiger partial charge in [-0.1, -0.05) is 35.3 Å². The number of aryl methyl sites for hydroxylation is 1. The van der Waals surface area contributed by atoms with E-state index in [0.717, 1.165) is 0 Å². The van der Waals surface area contributed by atoms with E-state index in [1.54, 1.807) is 18.2 Å². The van der Waals surface area contributed by atoms with E-state index in [1.807, 2.05) is 0 Å². The Morgan fingerprint density at radius 1 is 1.29 bits per heavy atom. The van der Waals surface area contributed by atoms with Crippen molar-refractivity contribution < 1.29 is 12.3 Å². The summed E-state index contributed by atoms with van der Waals surface area (Å²) in [5.74, 6) is -0.576. The fourth-order valence-electron chi connectivity index (χ4n) is 0.973. The van der Waals surface area contributed by atoms with Gasteiger partial charge in [-0.2, -0.15) is 8.42 Å². The van der Waals surface area contributed by atoms with Gasteiger partial charge in [-0.15, -0.1) is 3.89 Å². The van der Waals surface area contributed by atoms with E-state index in [1.165, 1.54) is 0 Å². The molecule has 78 valence electrons. The molecule has 0 atom stereocenters. The van der Waals surface area contributed by atoms with Crippen LogP contribution >= 0.6 is 23.2 Å². The number of benzene rings is 1. The molecule has 6 heteroatoms. The second-order valence-corrected chi connectivity index (χ2v) is 4.98. The van der Waals surface area contributed by atoms with Crippen molar-refractivity contribution in [2.45, 2.75) is 6.42 Å². The predicted octanol–water partition coefficient (Wildman–Crippen LogP) is 2.84. The molecule has 2 nitrogen and oxygen atoms in total. The first-order chi connectivity index (χ1) is 6.40. The second-order valence-electron chi connectivity index (χ2n) is 2.71. The summed E-state index contributed by atoms with van der Waals surface area (Å²) >= 11 is 11.5. The first-order valence-corrected chi connectivity index (χ1v) is 6.06. The minimum atomic E-state index is -4.45. The van der Waals surface area contributed by atoms with Gasteiger partial charge in [0.15, 0.2) is 0 Å². The minimum Gasteiger partial charge on any atom is -0.195 e. The van der Waals surface area contributed by atoms with Crippen LogP contribution in [0.2, 0.25) is 10.0 Å². The van der Waals surface area contributed by atoms with Gasteiger partial charge in [0.1, 0.15) is 0 Å². The summed E-state index contributed by atoms with van der Waals surface area (Å²) in [5, 5.41) is 0.609. The zero-order valence-electron chi connectivity index (χ0n) is 7.00. The Balaban J connectivity index is 2.83. The Kier molecular flexibility index (Phi) is 3.75. The molecular formula is C8H7Cl2FO2S. The lowest BCUT2D eigenvalue weighted by molar-refractivity contribution is 0.551. The molecule has 14 heavy (non-hydrogen) atoms. The van der Waals surface area contributed by atoms with Gasteiger partial charge in [0, 0.05) is 0 Å². The molecule has 0 saturated heterocycles. The second kappa shape index (κ2) is 4.47. The molecule has 0 aliphatic rings. The molecule has 0 unspecified atom stereocenters. The molecule has 0 bridgehead atoms. The summed E-state index contributed by atoms with van der Waals surface area (Å²) in [7, 11) is -4.45. The van der Waals surface area contributed by atoms with E-state index in [4.69, 9.17) is 23.2 Å². The maximum atomic E-state index is 12.2. The summed E-state index contributed by atoms with van der Waals surface area (Å²) in [6, 6.07) is 4.82. The predicted molar refractivity (Wildman–Crippen MR) is 55.1 cm³/mol. The standard InChI is InChI=1S/C8H7Cl2FO2S/c9-7-3-1-2-6(8(7)10)4-5-14(11,12)13/h1-3H,4-5H2. The van der Waals surface area contributed by atoms with Gasteiger partial charge in [-0.25, -0.2) is 0 Å². The monoisotopic (exact) mass is 256 g/mol. The molecule has 0 amide bonds. The molecule has 1 rings (SSSR count). The maximum absolute atomic E-state index is 12.2. The van der Waals surface area contributed by atoms with E-state index in [-0.39, 0.29) is 11.4 Å². The number of hydrogen-bond donors (Lipinski definition) is 0. The molecule has 0 aliphatic carbocycles. The summed E-state index contributed by atoms with van der Waals surface area (Å²) in [6.07, 6.45) is 0.0260. The molecule has 1 aromatic rings. The average Bonchev–Trinajstić information content (AvgIpc) is 2.06. The molecule has 0 aliphatic heterocycles. The Bertz CT molecular complexity index is 431. The molecule has 0 aromatic heterocycles. The molecule has 1 aromatic carbocycles. The van der Waals surface area contributed by atoms with E-state index in [0.29, 0.717) is 10.6 Å². The van der Waals surface area contributed by atoms with Crippen LogP contribution in [0.1, 0.15) is 5.56 Å². The van der Waals surface area contributed by atoms with Gasteiger partial charge in [0.25, 0.3) is 0 Å². The molecule has 0 N–H and O–H groups in total. The molecule has 0 spiro atoms. The van der Waals surface area contributed by atoms with Crippen molar-refractivity contribution in [1.82, 2.24) is 0 Å².